The summed E-state index contributed by atoms with van der Waals surface area (Å²) in [5.74, 6) is -1.18. The molecule has 11 heteroatoms. The van der Waals surface area contributed by atoms with Gasteiger partial charge in [-0.1, -0.05) is 54.1 Å². The van der Waals surface area contributed by atoms with Crippen LogP contribution in [0.4, 0.5) is 23.4 Å². The summed E-state index contributed by atoms with van der Waals surface area (Å²) >= 11 is 0. The molecule has 194 valence electrons. The highest BCUT2D eigenvalue weighted by Crippen LogP contribution is 2.37. The van der Waals surface area contributed by atoms with Crippen molar-refractivity contribution in [3.05, 3.63) is 89.7 Å². The van der Waals surface area contributed by atoms with Crippen LogP contribution in [0.15, 0.2) is 77.7 Å². The van der Waals surface area contributed by atoms with Crippen LogP contribution < -0.4 is 4.90 Å². The fraction of sp³-hybridized carbons (Fsp3) is 0.269. The lowest BCUT2D eigenvalue weighted by molar-refractivity contribution is -0.157. The monoisotopic (exact) mass is 532 g/mol. The number of fused-ring (bicyclic) bond motifs is 1. The highest BCUT2D eigenvalue weighted by molar-refractivity contribution is 7.90. The lowest BCUT2D eigenvalue weighted by Gasteiger charge is -2.42. The average Bonchev–Trinajstić information content (AvgIpc) is 3.26. The second kappa shape index (κ2) is 9.46. The van der Waals surface area contributed by atoms with Crippen molar-refractivity contribution in [2.24, 2.45) is 0 Å². The van der Waals surface area contributed by atoms with Crippen molar-refractivity contribution in [3.8, 4) is 0 Å². The Morgan fingerprint density at radius 2 is 1.65 bits per heavy atom. The van der Waals surface area contributed by atoms with E-state index >= 15 is 4.39 Å². The Hall–Kier alpha value is -3.44. The van der Waals surface area contributed by atoms with Crippen molar-refractivity contribution in [1.29, 1.82) is 0 Å². The number of rotatable bonds is 5. The molecule has 0 N–H and O–H groups in total. The Morgan fingerprint density at radius 3 is 2.32 bits per heavy atom. The maximum Gasteiger partial charge on any atom is 0.410 e. The molecule has 1 aliphatic rings. The molecule has 1 aliphatic heterocycles. The third-order valence-electron chi connectivity index (χ3n) is 6.52. The van der Waals surface area contributed by atoms with Crippen molar-refractivity contribution in [2.75, 3.05) is 24.5 Å². The number of nitrogens with zero attached hydrogens (tertiary/aromatic N) is 4. The van der Waals surface area contributed by atoms with Gasteiger partial charge in [-0.05, 0) is 36.8 Å². The Balaban J connectivity index is 1.58. The molecule has 0 radical (unpaired) electrons. The van der Waals surface area contributed by atoms with Gasteiger partial charge in [0.25, 0.3) is 10.0 Å². The van der Waals surface area contributed by atoms with Gasteiger partial charge in [0.2, 0.25) is 0 Å². The van der Waals surface area contributed by atoms with Crippen molar-refractivity contribution in [2.45, 2.75) is 30.6 Å². The Bertz CT molecular complexity index is 1520. The summed E-state index contributed by atoms with van der Waals surface area (Å²) in [7, 11) is -4.30. The van der Waals surface area contributed by atoms with Crippen LogP contribution in [-0.2, 0) is 16.6 Å². The van der Waals surface area contributed by atoms with E-state index in [1.165, 1.54) is 24.3 Å². The van der Waals surface area contributed by atoms with Gasteiger partial charge in [0.1, 0.15) is 11.9 Å². The van der Waals surface area contributed by atoms with Gasteiger partial charge in [-0.25, -0.2) is 4.39 Å². The second-order valence-electron chi connectivity index (χ2n) is 9.09. The molecule has 1 fully saturated rings. The third kappa shape index (κ3) is 4.80. The van der Waals surface area contributed by atoms with E-state index in [9.17, 15) is 21.6 Å². The van der Waals surface area contributed by atoms with Crippen LogP contribution in [0.25, 0.3) is 10.9 Å². The van der Waals surface area contributed by atoms with Crippen molar-refractivity contribution < 1.29 is 26.0 Å². The fourth-order valence-electron chi connectivity index (χ4n) is 4.64. The zero-order valence-corrected chi connectivity index (χ0v) is 20.7. The molecule has 37 heavy (non-hydrogen) atoms. The molecule has 6 nitrogen and oxygen atoms in total. The number of hydrogen-bond donors (Lipinski definition) is 0. The number of anilines is 1. The van der Waals surface area contributed by atoms with Gasteiger partial charge in [0, 0.05) is 26.2 Å². The minimum atomic E-state index is -4.66. The van der Waals surface area contributed by atoms with Crippen LogP contribution in [0.3, 0.4) is 0 Å². The summed E-state index contributed by atoms with van der Waals surface area (Å²) in [5.41, 5.74) is 1.59. The number of halogens is 4. The van der Waals surface area contributed by atoms with Crippen molar-refractivity contribution >= 4 is 26.7 Å². The molecule has 3 aromatic carbocycles. The van der Waals surface area contributed by atoms with E-state index in [4.69, 9.17) is 0 Å². The molecule has 0 bridgehead atoms. The van der Waals surface area contributed by atoms with E-state index in [2.05, 4.69) is 5.10 Å². The quantitative estimate of drug-likeness (QED) is 0.340. The second-order valence-corrected chi connectivity index (χ2v) is 10.9. The Labute approximate surface area is 211 Å². The number of alkyl halides is 3. The van der Waals surface area contributed by atoms with Gasteiger partial charge in [-0.2, -0.15) is 25.7 Å². The average molecular weight is 533 g/mol. The molecule has 0 spiro atoms. The Kier molecular flexibility index (Phi) is 6.45. The van der Waals surface area contributed by atoms with Crippen molar-refractivity contribution in [1.82, 2.24) is 14.1 Å². The molecule has 0 saturated carbocycles. The summed E-state index contributed by atoms with van der Waals surface area (Å²) in [6.45, 7) is 1.90. The Morgan fingerprint density at radius 1 is 0.946 bits per heavy atom. The number of aryl methyl sites for hydroxylation is 1. The first-order valence-corrected chi connectivity index (χ1v) is 13.1. The maximum atomic E-state index is 15.1. The molecule has 4 aromatic rings. The summed E-state index contributed by atoms with van der Waals surface area (Å²) < 4.78 is 85.5. The molecule has 2 heterocycles. The van der Waals surface area contributed by atoms with E-state index in [-0.39, 0.29) is 41.3 Å². The topological polar surface area (TPSA) is 58.4 Å². The lowest BCUT2D eigenvalue weighted by atomic mass is 10.1. The van der Waals surface area contributed by atoms with Gasteiger partial charge in [0.05, 0.1) is 15.8 Å². The van der Waals surface area contributed by atoms with E-state index in [1.54, 1.807) is 24.0 Å². The third-order valence-corrected chi connectivity index (χ3v) is 8.12. The van der Waals surface area contributed by atoms with Gasteiger partial charge < -0.3 is 4.90 Å². The zero-order chi connectivity index (χ0) is 26.4. The van der Waals surface area contributed by atoms with Crippen molar-refractivity contribution in [3.63, 3.8) is 0 Å². The largest absolute Gasteiger partial charge is 0.410 e. The van der Waals surface area contributed by atoms with E-state index < -0.39 is 28.1 Å². The first kappa shape index (κ1) is 25.2. The minimum absolute atomic E-state index is 0.0987. The summed E-state index contributed by atoms with van der Waals surface area (Å²) in [5, 5.41) is 3.85. The fourth-order valence-corrected chi connectivity index (χ4v) is 5.91. The summed E-state index contributed by atoms with van der Waals surface area (Å²) in [4.78, 5) is 2.56. The molecular weight excluding hydrogens is 508 g/mol. The van der Waals surface area contributed by atoms with Crippen LogP contribution in [-0.4, -0.2) is 54.4 Å². The minimum Gasteiger partial charge on any atom is -0.340 e. The number of piperazine rings is 1. The number of benzene rings is 3. The standard InChI is InChI=1S/C26H24F4N4O2S/c1-18-10-12-20(13-11-18)37(35,36)34-22-9-5-8-21(27)24(22)25(31-34)33-15-14-32(17-23(33)26(28,29)30)16-19-6-3-2-4-7-19/h2-13,23H,14-17H2,1H3. The maximum absolute atomic E-state index is 15.1. The first-order valence-electron chi connectivity index (χ1n) is 11.6. The van der Waals surface area contributed by atoms with Crippen LogP contribution in [0.5, 0.6) is 0 Å². The van der Waals surface area contributed by atoms with E-state index in [1.807, 2.05) is 30.3 Å². The predicted octanol–water partition coefficient (Wildman–Crippen LogP) is 4.97. The van der Waals surface area contributed by atoms with E-state index in [0.717, 1.165) is 22.1 Å². The van der Waals surface area contributed by atoms with Crippen LogP contribution in [0, 0.1) is 12.7 Å². The zero-order valence-electron chi connectivity index (χ0n) is 19.9. The predicted molar refractivity (Wildman–Crippen MR) is 132 cm³/mol. The SMILES string of the molecule is Cc1ccc(S(=O)(=O)n2nc(N3CCN(Cc4ccccc4)CC3C(F)(F)F)c3c(F)cccc32)cc1. The van der Waals surface area contributed by atoms with E-state index in [0.29, 0.717) is 10.6 Å². The summed E-state index contributed by atoms with van der Waals surface area (Å²) in [6.07, 6.45) is -4.66. The van der Waals surface area contributed by atoms with Gasteiger partial charge in [-0.15, -0.1) is 5.10 Å². The summed E-state index contributed by atoms with van der Waals surface area (Å²) in [6, 6.07) is 16.9. The number of aromatic nitrogens is 2. The molecule has 1 saturated heterocycles. The molecule has 1 atom stereocenters. The lowest BCUT2D eigenvalue weighted by Crippen LogP contribution is -2.59. The molecule has 0 amide bonds. The molecular formula is C26H24F4N4O2S. The van der Waals surface area contributed by atoms with Crippen LogP contribution in [0.1, 0.15) is 11.1 Å². The molecule has 0 aliphatic carbocycles. The normalized spacial score (nSPS) is 17.4. The molecule has 5 rings (SSSR count). The first-order chi connectivity index (χ1) is 17.6. The smallest absolute Gasteiger partial charge is 0.340 e. The van der Waals surface area contributed by atoms with Crippen LogP contribution >= 0.6 is 0 Å². The highest BCUT2D eigenvalue weighted by atomic mass is 32.2. The number of hydrogen-bond acceptors (Lipinski definition) is 5. The van der Waals surface area contributed by atoms with Crippen LogP contribution in [0.2, 0.25) is 0 Å². The highest BCUT2D eigenvalue weighted by Gasteiger charge is 2.48. The van der Waals surface area contributed by atoms with Gasteiger partial charge in [-0.3, -0.25) is 4.90 Å². The molecule has 1 aromatic heterocycles. The molecule has 1 unspecified atom stereocenters. The van der Waals surface area contributed by atoms with Gasteiger partial charge in [0.15, 0.2) is 5.82 Å². The van der Waals surface area contributed by atoms with Gasteiger partial charge >= 0.3 is 6.18 Å².